The van der Waals surface area contributed by atoms with Gasteiger partial charge in [0, 0.05) is 24.8 Å². The molecule has 1 aromatic carbocycles. The Balaban J connectivity index is 1.68. The van der Waals surface area contributed by atoms with Crippen LogP contribution >= 0.6 is 0 Å². The molecule has 2 N–H and O–H groups in total. The molecule has 1 aromatic rings. The van der Waals surface area contributed by atoms with Crippen molar-refractivity contribution in [3.05, 3.63) is 29.8 Å². The van der Waals surface area contributed by atoms with Crippen molar-refractivity contribution >= 4 is 6.03 Å². The van der Waals surface area contributed by atoms with E-state index in [0.717, 1.165) is 31.4 Å². The van der Waals surface area contributed by atoms with Crippen molar-refractivity contribution in [3.8, 4) is 5.75 Å². The molecule has 1 heterocycles. The number of carbonyl (C=O) groups excluding carboxylic acids is 1. The van der Waals surface area contributed by atoms with E-state index in [1.807, 2.05) is 12.1 Å². The van der Waals surface area contributed by atoms with Crippen molar-refractivity contribution < 1.29 is 14.6 Å². The highest BCUT2D eigenvalue weighted by Crippen LogP contribution is 2.25. The minimum Gasteiger partial charge on any atom is -0.508 e. The first kappa shape index (κ1) is 18.1. The van der Waals surface area contributed by atoms with Crippen LogP contribution in [-0.2, 0) is 11.3 Å². The van der Waals surface area contributed by atoms with E-state index in [2.05, 4.69) is 12.2 Å². The summed E-state index contributed by atoms with van der Waals surface area (Å²) in [5.41, 5.74) is 0.771. The number of urea groups is 1. The number of benzene rings is 1. The molecule has 3 rings (SSSR count). The Morgan fingerprint density at radius 1 is 1.24 bits per heavy atom. The van der Waals surface area contributed by atoms with E-state index < -0.39 is 0 Å². The van der Waals surface area contributed by atoms with Gasteiger partial charge in [-0.05, 0) is 37.7 Å². The van der Waals surface area contributed by atoms with Gasteiger partial charge in [-0.25, -0.2) is 4.79 Å². The van der Waals surface area contributed by atoms with Gasteiger partial charge in [-0.1, -0.05) is 38.0 Å². The van der Waals surface area contributed by atoms with Gasteiger partial charge in [0.05, 0.1) is 12.6 Å². The number of amides is 2. The highest BCUT2D eigenvalue weighted by atomic mass is 16.5. The number of phenols is 1. The molecular weight excluding hydrogens is 316 g/mol. The van der Waals surface area contributed by atoms with Crippen molar-refractivity contribution in [3.63, 3.8) is 0 Å². The van der Waals surface area contributed by atoms with Crippen LogP contribution < -0.4 is 5.32 Å². The average molecular weight is 346 g/mol. The SMILES string of the molecule is CC1CCCCC1NC(=O)N(Cc1ccccc1O)CC1CCCO1. The van der Waals surface area contributed by atoms with Gasteiger partial charge in [0.1, 0.15) is 5.75 Å². The largest absolute Gasteiger partial charge is 0.508 e. The van der Waals surface area contributed by atoms with Gasteiger partial charge in [-0.3, -0.25) is 0 Å². The molecule has 2 fully saturated rings. The van der Waals surface area contributed by atoms with Crippen LogP contribution in [0.2, 0.25) is 0 Å². The monoisotopic (exact) mass is 346 g/mol. The second kappa shape index (κ2) is 8.56. The quantitative estimate of drug-likeness (QED) is 0.855. The van der Waals surface area contributed by atoms with Crippen LogP contribution in [0.1, 0.15) is 51.0 Å². The summed E-state index contributed by atoms with van der Waals surface area (Å²) in [6.07, 6.45) is 6.81. The molecule has 138 valence electrons. The Morgan fingerprint density at radius 3 is 2.76 bits per heavy atom. The van der Waals surface area contributed by atoms with Crippen LogP contribution in [0.3, 0.4) is 0 Å². The lowest BCUT2D eigenvalue weighted by Crippen LogP contribution is -2.49. The second-order valence-electron chi connectivity index (χ2n) is 7.46. The minimum atomic E-state index is -0.0440. The van der Waals surface area contributed by atoms with E-state index in [0.29, 0.717) is 19.0 Å². The highest BCUT2D eigenvalue weighted by Gasteiger charge is 2.27. The average Bonchev–Trinajstić information content (AvgIpc) is 3.11. The molecule has 1 aliphatic carbocycles. The molecule has 2 amide bonds. The molecule has 0 bridgehead atoms. The number of rotatable bonds is 5. The summed E-state index contributed by atoms with van der Waals surface area (Å²) in [7, 11) is 0. The van der Waals surface area contributed by atoms with Gasteiger partial charge in [-0.2, -0.15) is 0 Å². The van der Waals surface area contributed by atoms with Gasteiger partial charge in [0.15, 0.2) is 0 Å². The summed E-state index contributed by atoms with van der Waals surface area (Å²) in [6.45, 7) is 3.97. The van der Waals surface area contributed by atoms with Gasteiger partial charge >= 0.3 is 6.03 Å². The third-order valence-corrected chi connectivity index (χ3v) is 5.51. The number of para-hydroxylation sites is 1. The van der Waals surface area contributed by atoms with Crippen molar-refractivity contribution in [2.45, 2.75) is 64.1 Å². The number of carbonyl (C=O) groups is 1. The fraction of sp³-hybridized carbons (Fsp3) is 0.650. The van der Waals surface area contributed by atoms with Gasteiger partial charge in [0.25, 0.3) is 0 Å². The molecule has 0 radical (unpaired) electrons. The first-order valence-electron chi connectivity index (χ1n) is 9.57. The standard InChI is InChI=1S/C20H30N2O3/c1-15-7-2-4-10-18(15)21-20(24)22(14-17-9-6-12-25-17)13-16-8-3-5-11-19(16)23/h3,5,8,11,15,17-18,23H,2,4,6-7,9-10,12-14H2,1H3,(H,21,24). The third kappa shape index (κ3) is 4.88. The fourth-order valence-electron chi connectivity index (χ4n) is 3.88. The number of nitrogens with zero attached hydrogens (tertiary/aromatic N) is 1. The lowest BCUT2D eigenvalue weighted by atomic mass is 9.86. The molecule has 1 aliphatic heterocycles. The Hall–Kier alpha value is -1.75. The Labute approximate surface area is 150 Å². The summed E-state index contributed by atoms with van der Waals surface area (Å²) in [4.78, 5) is 14.7. The van der Waals surface area contributed by atoms with Crippen molar-refractivity contribution in [1.82, 2.24) is 10.2 Å². The lowest BCUT2D eigenvalue weighted by Gasteiger charge is -2.33. The summed E-state index contributed by atoms with van der Waals surface area (Å²) in [5.74, 6) is 0.756. The van der Waals surface area contributed by atoms with E-state index in [1.165, 1.54) is 19.3 Å². The Bertz CT molecular complexity index is 572. The van der Waals surface area contributed by atoms with Crippen molar-refractivity contribution in [2.24, 2.45) is 5.92 Å². The maximum absolute atomic E-state index is 12.9. The van der Waals surface area contributed by atoms with Gasteiger partial charge in [-0.15, -0.1) is 0 Å². The van der Waals surface area contributed by atoms with Crippen LogP contribution in [0.5, 0.6) is 5.75 Å². The smallest absolute Gasteiger partial charge is 0.318 e. The molecule has 1 saturated heterocycles. The molecule has 25 heavy (non-hydrogen) atoms. The van der Waals surface area contributed by atoms with E-state index >= 15 is 0 Å². The first-order valence-corrected chi connectivity index (χ1v) is 9.57. The number of hydrogen-bond acceptors (Lipinski definition) is 3. The number of nitrogens with one attached hydrogen (secondary N) is 1. The topological polar surface area (TPSA) is 61.8 Å². The molecule has 5 nitrogen and oxygen atoms in total. The summed E-state index contributed by atoms with van der Waals surface area (Å²) in [6, 6.07) is 7.43. The Kier molecular flexibility index (Phi) is 6.19. The van der Waals surface area contributed by atoms with E-state index in [4.69, 9.17) is 4.74 Å². The maximum Gasteiger partial charge on any atom is 0.318 e. The maximum atomic E-state index is 12.9. The van der Waals surface area contributed by atoms with Crippen LogP contribution in [-0.4, -0.2) is 41.3 Å². The summed E-state index contributed by atoms with van der Waals surface area (Å²) < 4.78 is 5.73. The Morgan fingerprint density at radius 2 is 2.04 bits per heavy atom. The second-order valence-corrected chi connectivity index (χ2v) is 7.46. The zero-order valence-electron chi connectivity index (χ0n) is 15.1. The van der Waals surface area contributed by atoms with Crippen molar-refractivity contribution in [1.29, 1.82) is 0 Å². The third-order valence-electron chi connectivity index (χ3n) is 5.51. The number of hydrogen-bond donors (Lipinski definition) is 2. The number of phenolic OH excluding ortho intramolecular Hbond substituents is 1. The van der Waals surface area contributed by atoms with Crippen LogP contribution in [0, 0.1) is 5.92 Å². The molecule has 0 spiro atoms. The predicted octanol–water partition coefficient (Wildman–Crippen LogP) is 3.66. The zero-order valence-corrected chi connectivity index (χ0v) is 15.1. The van der Waals surface area contributed by atoms with Crippen molar-refractivity contribution in [2.75, 3.05) is 13.2 Å². The predicted molar refractivity (Wildman–Crippen MR) is 97.4 cm³/mol. The molecule has 3 unspecified atom stereocenters. The lowest BCUT2D eigenvalue weighted by molar-refractivity contribution is 0.0777. The summed E-state index contributed by atoms with van der Waals surface area (Å²) >= 11 is 0. The highest BCUT2D eigenvalue weighted by molar-refractivity contribution is 5.74. The van der Waals surface area contributed by atoms with Gasteiger partial charge in [0.2, 0.25) is 0 Å². The normalized spacial score (nSPS) is 26.4. The van der Waals surface area contributed by atoms with E-state index in [1.54, 1.807) is 17.0 Å². The van der Waals surface area contributed by atoms with E-state index in [-0.39, 0.29) is 23.9 Å². The van der Waals surface area contributed by atoms with Crippen LogP contribution in [0.4, 0.5) is 4.79 Å². The summed E-state index contributed by atoms with van der Waals surface area (Å²) in [5, 5.41) is 13.3. The minimum absolute atomic E-state index is 0.0440. The zero-order chi connectivity index (χ0) is 17.6. The van der Waals surface area contributed by atoms with Crippen LogP contribution in [0.25, 0.3) is 0 Å². The fourth-order valence-corrected chi connectivity index (χ4v) is 3.88. The molecular formula is C20H30N2O3. The molecule has 1 saturated carbocycles. The van der Waals surface area contributed by atoms with Gasteiger partial charge < -0.3 is 20.1 Å². The first-order chi connectivity index (χ1) is 12.1. The number of ether oxygens (including phenoxy) is 1. The molecule has 3 atom stereocenters. The number of aromatic hydroxyl groups is 1. The van der Waals surface area contributed by atoms with E-state index in [9.17, 15) is 9.90 Å². The van der Waals surface area contributed by atoms with Crippen LogP contribution in [0.15, 0.2) is 24.3 Å². The molecule has 5 heteroatoms. The molecule has 2 aliphatic rings. The molecule has 0 aromatic heterocycles.